The van der Waals surface area contributed by atoms with Crippen LogP contribution >= 0.6 is 10.2 Å². The van der Waals surface area contributed by atoms with Gasteiger partial charge in [-0.15, -0.1) is 10.2 Å². The lowest BCUT2D eigenvalue weighted by Crippen LogP contribution is -2.27. The van der Waals surface area contributed by atoms with Crippen LogP contribution < -0.4 is 15.1 Å². The Hall–Kier alpha value is -3.16. The van der Waals surface area contributed by atoms with E-state index in [1.807, 2.05) is 13.8 Å². The first-order valence-corrected chi connectivity index (χ1v) is 12.6. The Bertz CT molecular complexity index is 1370. The summed E-state index contributed by atoms with van der Waals surface area (Å²) in [4.78, 5) is 10.5. The predicted molar refractivity (Wildman–Crippen MR) is 120 cm³/mol. The molecule has 35 heavy (non-hydrogen) atoms. The Morgan fingerprint density at radius 2 is 1.69 bits per heavy atom. The molecule has 0 aliphatic rings. The number of ether oxygens (including phenoxy) is 2. The van der Waals surface area contributed by atoms with Gasteiger partial charge in [0.2, 0.25) is 11.5 Å². The summed E-state index contributed by atoms with van der Waals surface area (Å²) in [6.07, 6.45) is 1.38. The van der Waals surface area contributed by atoms with Gasteiger partial charge in [0.25, 0.3) is 0 Å². The van der Waals surface area contributed by atoms with E-state index in [9.17, 15) is 24.2 Å². The van der Waals surface area contributed by atoms with E-state index in [0.29, 0.717) is 17.0 Å². The Morgan fingerprint density at radius 1 is 1.06 bits per heavy atom. The molecule has 14 heteroatoms. The Morgan fingerprint density at radius 3 is 2.23 bits per heavy atom. The van der Waals surface area contributed by atoms with Gasteiger partial charge >= 0.3 is 10.2 Å². The van der Waals surface area contributed by atoms with E-state index in [1.54, 1.807) is 13.8 Å². The quantitative estimate of drug-likeness (QED) is 0.285. The van der Waals surface area contributed by atoms with Crippen LogP contribution in [0.2, 0.25) is 0 Å². The first-order chi connectivity index (χ1) is 16.0. The highest BCUT2D eigenvalue weighted by Crippen LogP contribution is 3.02. The van der Waals surface area contributed by atoms with Crippen molar-refractivity contribution in [3.63, 3.8) is 0 Å². The topological polar surface area (TPSA) is 94.5 Å². The zero-order chi connectivity index (χ0) is 26.4. The molecular formula is C21H26F5N5O3S. The predicted octanol–water partition coefficient (Wildman–Crippen LogP) is 5.74. The fourth-order valence-electron chi connectivity index (χ4n) is 3.37. The van der Waals surface area contributed by atoms with Crippen molar-refractivity contribution in [2.45, 2.75) is 58.1 Å². The van der Waals surface area contributed by atoms with Crippen LogP contribution in [0.3, 0.4) is 0 Å². The lowest BCUT2D eigenvalue weighted by Gasteiger charge is -2.40. The van der Waals surface area contributed by atoms with Crippen molar-refractivity contribution in [3.05, 3.63) is 40.5 Å². The average molecular weight is 524 g/mol. The van der Waals surface area contributed by atoms with Gasteiger partial charge in [0.1, 0.15) is 17.2 Å². The maximum Gasteiger partial charge on any atom is 0.310 e. The van der Waals surface area contributed by atoms with Gasteiger partial charge in [-0.1, -0.05) is 33.3 Å². The molecule has 0 spiro atoms. The summed E-state index contributed by atoms with van der Waals surface area (Å²) < 4.78 is 79.5. The van der Waals surface area contributed by atoms with Crippen molar-refractivity contribution >= 4 is 21.7 Å². The fraction of sp³-hybridized carbons (Fsp3) is 0.429. The molecule has 8 nitrogen and oxygen atoms in total. The molecule has 0 fully saturated rings. The zero-order valence-corrected chi connectivity index (χ0v) is 20.6. The minimum absolute atomic E-state index is 0.0849. The third-order valence-corrected chi connectivity index (χ3v) is 6.76. The van der Waals surface area contributed by atoms with Gasteiger partial charge in [-0.05, 0) is 38.8 Å². The zero-order valence-electron chi connectivity index (χ0n) is 19.7. The van der Waals surface area contributed by atoms with E-state index in [2.05, 4.69) is 10.2 Å². The van der Waals surface area contributed by atoms with Gasteiger partial charge in [0, 0.05) is 22.8 Å². The summed E-state index contributed by atoms with van der Waals surface area (Å²) in [6, 6.07) is 1.15. The van der Waals surface area contributed by atoms with Gasteiger partial charge in [-0.25, -0.2) is 4.68 Å². The number of nitrogens with one attached hydrogen (secondary N) is 1. The standard InChI is InChI=1S/C21H26F5N5O3S/c1-6-15(7-2)34-20-13(4)12(3)19-28-30(21(27)31(19)29-20)11-18(32)14-8-16(33-5)10-17(9-14)35(22,23,24,25)26/h8-10,15,27H,6-7,11H2,1-5H3. The van der Waals surface area contributed by atoms with Gasteiger partial charge in [0.15, 0.2) is 11.4 Å². The van der Waals surface area contributed by atoms with E-state index in [0.717, 1.165) is 35.2 Å². The Balaban J connectivity index is 2.05. The molecule has 0 bridgehead atoms. The van der Waals surface area contributed by atoms with Crippen LogP contribution in [0.25, 0.3) is 5.65 Å². The summed E-state index contributed by atoms with van der Waals surface area (Å²) in [5, 5.41) is 16.9. The number of aromatic nitrogens is 4. The molecule has 0 atom stereocenters. The number of ketones is 1. The third-order valence-electron chi connectivity index (χ3n) is 5.64. The number of rotatable bonds is 9. The van der Waals surface area contributed by atoms with Crippen LogP contribution in [0.1, 0.15) is 48.2 Å². The highest BCUT2D eigenvalue weighted by atomic mass is 32.5. The molecule has 1 N–H and O–H groups in total. The molecule has 0 amide bonds. The molecule has 0 saturated heterocycles. The SMILES string of the molecule is CCC(CC)Oc1nn2c(=N)n(CC(=O)c3cc(OC)cc(S(F)(F)(F)(F)F)c3)nc2c(C)c1C. The van der Waals surface area contributed by atoms with Crippen LogP contribution in [-0.2, 0) is 6.54 Å². The van der Waals surface area contributed by atoms with Crippen LogP contribution in [0, 0.1) is 19.3 Å². The van der Waals surface area contributed by atoms with Gasteiger partial charge in [-0.2, -0.15) is 4.52 Å². The summed E-state index contributed by atoms with van der Waals surface area (Å²) in [7, 11) is -9.07. The van der Waals surface area contributed by atoms with E-state index in [4.69, 9.17) is 14.9 Å². The Kier molecular flexibility index (Phi) is 6.20. The molecule has 3 rings (SSSR count). The van der Waals surface area contributed by atoms with Crippen LogP contribution in [0.5, 0.6) is 11.6 Å². The van der Waals surface area contributed by atoms with Crippen molar-refractivity contribution in [3.8, 4) is 11.6 Å². The highest BCUT2D eigenvalue weighted by Gasteiger charge is 2.65. The van der Waals surface area contributed by atoms with Crippen LogP contribution in [-0.4, -0.2) is 38.4 Å². The normalized spacial score (nSPS) is 14.1. The van der Waals surface area contributed by atoms with Crippen molar-refractivity contribution in [1.29, 1.82) is 5.41 Å². The lowest BCUT2D eigenvalue weighted by atomic mass is 10.1. The molecule has 2 aromatic heterocycles. The molecule has 0 aliphatic heterocycles. The number of carbonyl (C=O) groups excluding carboxylic acids is 1. The molecular weight excluding hydrogens is 497 g/mol. The smallest absolute Gasteiger partial charge is 0.310 e. The number of nitrogens with zero attached hydrogens (tertiary/aromatic N) is 4. The maximum absolute atomic E-state index is 13.4. The minimum Gasteiger partial charge on any atom is -0.497 e. The second-order valence-corrected chi connectivity index (χ2v) is 10.5. The fourth-order valence-corrected chi connectivity index (χ4v) is 4.06. The number of hydrogen-bond donors (Lipinski definition) is 1. The van der Waals surface area contributed by atoms with Crippen LogP contribution in [0.4, 0.5) is 19.4 Å². The Labute approximate surface area is 197 Å². The van der Waals surface area contributed by atoms with E-state index in [1.165, 1.54) is 0 Å². The molecule has 0 saturated carbocycles. The molecule has 2 heterocycles. The first-order valence-electron chi connectivity index (χ1n) is 10.6. The highest BCUT2D eigenvalue weighted by molar-refractivity contribution is 8.45. The van der Waals surface area contributed by atoms with E-state index in [-0.39, 0.29) is 29.5 Å². The van der Waals surface area contributed by atoms with Crippen molar-refractivity contribution in [1.82, 2.24) is 19.4 Å². The maximum atomic E-state index is 13.4. The number of hydrogen-bond acceptors (Lipinski definition) is 6. The van der Waals surface area contributed by atoms with Gasteiger partial charge in [-0.3, -0.25) is 10.2 Å². The van der Waals surface area contributed by atoms with E-state index < -0.39 is 38.8 Å². The molecule has 0 unspecified atom stereocenters. The number of fused-ring (bicyclic) bond motifs is 1. The van der Waals surface area contributed by atoms with Gasteiger partial charge < -0.3 is 9.47 Å². The monoisotopic (exact) mass is 523 g/mol. The second-order valence-electron chi connectivity index (χ2n) is 8.12. The number of benzene rings is 1. The summed E-state index contributed by atoms with van der Waals surface area (Å²) >= 11 is 0. The number of aryl methyl sites for hydroxylation is 1. The average Bonchev–Trinajstić information content (AvgIpc) is 3.08. The van der Waals surface area contributed by atoms with Gasteiger partial charge in [0.05, 0.1) is 13.2 Å². The number of carbonyl (C=O) groups is 1. The number of methoxy groups -OCH3 is 1. The van der Waals surface area contributed by atoms with E-state index >= 15 is 0 Å². The molecule has 0 radical (unpaired) electrons. The largest absolute Gasteiger partial charge is 0.497 e. The second kappa shape index (κ2) is 8.21. The van der Waals surface area contributed by atoms with Crippen molar-refractivity contribution < 1.29 is 33.7 Å². The molecule has 1 aromatic carbocycles. The lowest BCUT2D eigenvalue weighted by molar-refractivity contribution is 0.0965. The van der Waals surface area contributed by atoms with Crippen molar-refractivity contribution in [2.75, 3.05) is 7.11 Å². The first kappa shape index (κ1) is 26.4. The summed E-state index contributed by atoms with van der Waals surface area (Å²) in [5.74, 6) is -1.24. The molecule has 194 valence electrons. The molecule has 3 aromatic rings. The summed E-state index contributed by atoms with van der Waals surface area (Å²) in [6.45, 7) is 6.74. The van der Waals surface area contributed by atoms with Crippen molar-refractivity contribution in [2.24, 2.45) is 0 Å². The van der Waals surface area contributed by atoms with Crippen LogP contribution in [0.15, 0.2) is 23.1 Å². The number of Topliss-reactive ketones (excluding diaryl/α,β-unsaturated/α-hetero) is 1. The third kappa shape index (κ3) is 5.41. The molecule has 0 aliphatic carbocycles. The minimum atomic E-state index is -10.1. The summed E-state index contributed by atoms with van der Waals surface area (Å²) in [5.41, 5.74) is 0.554. The number of halogens is 5.